The van der Waals surface area contributed by atoms with Crippen molar-refractivity contribution in [2.24, 2.45) is 0 Å². The van der Waals surface area contributed by atoms with E-state index in [0.717, 1.165) is 11.1 Å². The maximum Gasteiger partial charge on any atom is 0.203 e. The van der Waals surface area contributed by atoms with Crippen LogP contribution in [0.1, 0.15) is 11.1 Å². The van der Waals surface area contributed by atoms with Crippen molar-refractivity contribution in [2.75, 3.05) is 34.2 Å². The Morgan fingerprint density at radius 3 is 1.93 bits per heavy atom. The van der Waals surface area contributed by atoms with Gasteiger partial charge in [0.2, 0.25) is 5.75 Å². The van der Waals surface area contributed by atoms with Gasteiger partial charge in [-0.2, -0.15) is 0 Å². The normalized spacial score (nSPS) is 9.63. The minimum Gasteiger partial charge on any atom is -0.497 e. The van der Waals surface area contributed by atoms with Crippen LogP contribution in [0.3, 0.4) is 0 Å². The van der Waals surface area contributed by atoms with E-state index in [9.17, 15) is 0 Å². The molecule has 2 aromatic carbocycles. The number of methoxy groups -OCH3 is 4. The number of hydrogen-bond acceptors (Lipinski definition) is 5. The molecule has 0 heterocycles. The van der Waals surface area contributed by atoms with E-state index >= 15 is 0 Å². The van der Waals surface area contributed by atoms with Crippen LogP contribution in [-0.2, 0) is 0 Å². The Morgan fingerprint density at radius 1 is 0.778 bits per heavy atom. The molecule has 27 heavy (non-hydrogen) atoms. The third-order valence-corrected chi connectivity index (χ3v) is 3.60. The molecule has 0 saturated heterocycles. The zero-order valence-electron chi connectivity index (χ0n) is 15.8. The third-order valence-electron chi connectivity index (χ3n) is 3.60. The van der Waals surface area contributed by atoms with Crippen molar-refractivity contribution in [3.63, 3.8) is 0 Å². The molecule has 5 heteroatoms. The second-order valence-corrected chi connectivity index (χ2v) is 5.24. The van der Waals surface area contributed by atoms with Crippen molar-refractivity contribution in [2.45, 2.75) is 0 Å². The summed E-state index contributed by atoms with van der Waals surface area (Å²) < 4.78 is 21.0. The topological polar surface area (TPSA) is 62.9 Å². The van der Waals surface area contributed by atoms with Crippen LogP contribution in [0, 0.1) is 23.7 Å². The third kappa shape index (κ3) is 5.14. The Morgan fingerprint density at radius 2 is 1.41 bits per heavy atom. The number of ether oxygens (including phenoxy) is 4. The molecule has 0 aliphatic heterocycles. The fourth-order valence-electron chi connectivity index (χ4n) is 2.26. The molecule has 2 rings (SSSR count). The second kappa shape index (κ2) is 9.70. The van der Waals surface area contributed by atoms with E-state index in [0.29, 0.717) is 28.7 Å². The molecular formula is C22H21NO4. The highest BCUT2D eigenvalue weighted by Gasteiger charge is 2.11. The summed E-state index contributed by atoms with van der Waals surface area (Å²) in [4.78, 5) is 0. The van der Waals surface area contributed by atoms with E-state index in [-0.39, 0.29) is 0 Å². The quantitative estimate of drug-likeness (QED) is 0.667. The maximum absolute atomic E-state index is 5.92. The molecule has 0 bridgehead atoms. The summed E-state index contributed by atoms with van der Waals surface area (Å²) in [5.41, 5.74) is 7.96. The van der Waals surface area contributed by atoms with Crippen molar-refractivity contribution < 1.29 is 18.9 Å². The molecule has 0 fully saturated rings. The molecule has 0 amide bonds. The van der Waals surface area contributed by atoms with E-state index in [4.69, 9.17) is 24.7 Å². The first-order chi connectivity index (χ1) is 13.1. The first-order valence-corrected chi connectivity index (χ1v) is 8.04. The minimum absolute atomic E-state index is 0.532. The Bertz CT molecular complexity index is 931. The largest absolute Gasteiger partial charge is 0.497 e. The number of benzene rings is 2. The van der Waals surface area contributed by atoms with Gasteiger partial charge in [-0.05, 0) is 36.4 Å². The van der Waals surface area contributed by atoms with Crippen molar-refractivity contribution in [3.05, 3.63) is 53.6 Å². The molecule has 0 radical (unpaired) electrons. The number of nitrogens with two attached hydrogens (primary N) is 1. The second-order valence-electron chi connectivity index (χ2n) is 5.24. The van der Waals surface area contributed by atoms with Crippen LogP contribution in [0.4, 0.5) is 5.69 Å². The molecule has 5 nitrogen and oxygen atoms in total. The summed E-state index contributed by atoms with van der Waals surface area (Å²) in [6.45, 7) is 0. The highest BCUT2D eigenvalue weighted by molar-refractivity contribution is 5.60. The van der Waals surface area contributed by atoms with Gasteiger partial charge in [-0.3, -0.25) is 0 Å². The van der Waals surface area contributed by atoms with Gasteiger partial charge in [-0.15, -0.1) is 0 Å². The molecule has 2 aromatic rings. The van der Waals surface area contributed by atoms with Gasteiger partial charge in [-0.25, -0.2) is 0 Å². The number of rotatable bonds is 4. The van der Waals surface area contributed by atoms with Crippen LogP contribution in [0.15, 0.2) is 42.5 Å². The van der Waals surface area contributed by atoms with E-state index in [2.05, 4.69) is 23.7 Å². The van der Waals surface area contributed by atoms with Gasteiger partial charge in [0.1, 0.15) is 5.75 Å². The lowest BCUT2D eigenvalue weighted by molar-refractivity contribution is 0.324. The summed E-state index contributed by atoms with van der Waals surface area (Å²) in [6, 6.07) is 8.93. The summed E-state index contributed by atoms with van der Waals surface area (Å²) in [6.07, 6.45) is 3.32. The van der Waals surface area contributed by atoms with Crippen molar-refractivity contribution in [1.82, 2.24) is 0 Å². The zero-order valence-corrected chi connectivity index (χ0v) is 15.8. The monoisotopic (exact) mass is 363 g/mol. The lowest BCUT2D eigenvalue weighted by Crippen LogP contribution is -1.95. The number of allylic oxidation sites excluding steroid dienone is 2. The van der Waals surface area contributed by atoms with E-state index < -0.39 is 0 Å². The fraction of sp³-hybridized carbons (Fsp3) is 0.182. The summed E-state index contributed by atoms with van der Waals surface area (Å²) in [5, 5.41) is 0. The Labute approximate surface area is 159 Å². The van der Waals surface area contributed by atoms with Gasteiger partial charge < -0.3 is 24.7 Å². The zero-order chi connectivity index (χ0) is 19.6. The molecule has 0 spiro atoms. The smallest absolute Gasteiger partial charge is 0.203 e. The molecule has 2 N–H and O–H groups in total. The van der Waals surface area contributed by atoms with Crippen LogP contribution in [0.2, 0.25) is 0 Å². The first kappa shape index (κ1) is 19.6. The highest BCUT2D eigenvalue weighted by Crippen LogP contribution is 2.37. The Kier molecular flexibility index (Phi) is 7.05. The van der Waals surface area contributed by atoms with Crippen LogP contribution in [-0.4, -0.2) is 28.4 Å². The molecule has 0 unspecified atom stereocenters. The first-order valence-electron chi connectivity index (χ1n) is 8.04. The number of anilines is 1. The van der Waals surface area contributed by atoms with Gasteiger partial charge in [0.25, 0.3) is 0 Å². The maximum atomic E-state index is 5.92. The SMILES string of the molecule is COc1ccc(C#C/C=C\C#Cc2cc(OC)c(OC)c(OC)c2)c(N)c1. The molecule has 0 aliphatic rings. The van der Waals surface area contributed by atoms with Gasteiger partial charge in [0, 0.05) is 17.2 Å². The summed E-state index contributed by atoms with van der Waals surface area (Å²) in [7, 11) is 6.28. The molecule has 0 aromatic heterocycles. The molecule has 0 saturated carbocycles. The van der Waals surface area contributed by atoms with Crippen molar-refractivity contribution in [3.8, 4) is 46.7 Å². The molecule has 138 valence electrons. The highest BCUT2D eigenvalue weighted by atomic mass is 16.5. The minimum atomic E-state index is 0.532. The van der Waals surface area contributed by atoms with Gasteiger partial charge in [0.15, 0.2) is 11.5 Å². The van der Waals surface area contributed by atoms with E-state index in [1.54, 1.807) is 58.8 Å². The van der Waals surface area contributed by atoms with Crippen molar-refractivity contribution in [1.29, 1.82) is 0 Å². The average molecular weight is 363 g/mol. The predicted molar refractivity (Wildman–Crippen MR) is 106 cm³/mol. The standard InChI is InChI=1S/C22H21NO4/c1-24-18-12-11-17(19(23)15-18)10-8-6-5-7-9-16-13-20(25-2)22(27-4)21(14-16)26-3/h5-6,11-15H,23H2,1-4H3/b6-5-. The molecule has 0 aliphatic carbocycles. The Hall–Kier alpha value is -3.70. The van der Waals surface area contributed by atoms with E-state index in [1.807, 2.05) is 12.1 Å². The summed E-state index contributed by atoms with van der Waals surface area (Å²) in [5.74, 6) is 14.2. The lowest BCUT2D eigenvalue weighted by atomic mass is 10.1. The van der Waals surface area contributed by atoms with Gasteiger partial charge >= 0.3 is 0 Å². The summed E-state index contributed by atoms with van der Waals surface area (Å²) >= 11 is 0. The number of hydrogen-bond donors (Lipinski definition) is 1. The van der Waals surface area contributed by atoms with E-state index in [1.165, 1.54) is 0 Å². The van der Waals surface area contributed by atoms with Crippen molar-refractivity contribution >= 4 is 5.69 Å². The average Bonchev–Trinajstić information content (AvgIpc) is 2.70. The molecular weight excluding hydrogens is 342 g/mol. The van der Waals surface area contributed by atoms with Crippen LogP contribution in [0.5, 0.6) is 23.0 Å². The van der Waals surface area contributed by atoms with Gasteiger partial charge in [0.05, 0.1) is 34.1 Å². The Balaban J connectivity index is 2.14. The van der Waals surface area contributed by atoms with Gasteiger partial charge in [-0.1, -0.05) is 23.7 Å². The molecule has 0 atom stereocenters. The van der Waals surface area contributed by atoms with Crippen LogP contribution >= 0.6 is 0 Å². The number of nitrogen functional groups attached to an aromatic ring is 1. The predicted octanol–water partition coefficient (Wildman–Crippen LogP) is 3.26. The van der Waals surface area contributed by atoms with Crippen LogP contribution in [0.25, 0.3) is 0 Å². The van der Waals surface area contributed by atoms with Crippen LogP contribution < -0.4 is 24.7 Å². The lowest BCUT2D eigenvalue weighted by Gasteiger charge is -2.12. The fourth-order valence-corrected chi connectivity index (χ4v) is 2.26.